The van der Waals surface area contributed by atoms with Gasteiger partial charge >= 0.3 is 11.9 Å². The van der Waals surface area contributed by atoms with Gasteiger partial charge < -0.3 is 9.47 Å². The number of esters is 2. The zero-order chi connectivity index (χ0) is 20.4. The average molecular weight is 412 g/mol. The summed E-state index contributed by atoms with van der Waals surface area (Å²) in [6.07, 6.45) is 0. The highest BCUT2D eigenvalue weighted by atomic mass is 35.5. The molecule has 0 fully saturated rings. The summed E-state index contributed by atoms with van der Waals surface area (Å²) in [5.74, 6) is -1.46. The van der Waals surface area contributed by atoms with Gasteiger partial charge in [-0.15, -0.1) is 0 Å². The van der Waals surface area contributed by atoms with E-state index < -0.39 is 22.3 Å². The lowest BCUT2D eigenvalue weighted by atomic mass is 9.75. The lowest BCUT2D eigenvalue weighted by molar-refractivity contribution is -0.385. The van der Waals surface area contributed by atoms with Gasteiger partial charge in [-0.25, -0.2) is 4.79 Å². The summed E-state index contributed by atoms with van der Waals surface area (Å²) in [5.41, 5.74) is -1.80. The number of nitro benzene ring substituents is 1. The molecule has 0 saturated heterocycles. The second kappa shape index (κ2) is 7.94. The molecule has 2 rings (SSSR count). The van der Waals surface area contributed by atoms with Crippen LogP contribution in [0.3, 0.4) is 0 Å². The van der Waals surface area contributed by atoms with Crippen LogP contribution >= 0.6 is 23.2 Å². The van der Waals surface area contributed by atoms with Crippen molar-refractivity contribution in [3.8, 4) is 0 Å². The summed E-state index contributed by atoms with van der Waals surface area (Å²) in [5, 5.41) is 11.8. The van der Waals surface area contributed by atoms with Crippen LogP contribution < -0.4 is 0 Å². The number of benzene rings is 2. The van der Waals surface area contributed by atoms with Crippen molar-refractivity contribution >= 4 is 40.8 Å². The van der Waals surface area contributed by atoms with Gasteiger partial charge in [0.25, 0.3) is 5.69 Å². The monoisotopic (exact) mass is 411 g/mol. The number of ether oxygens (including phenoxy) is 2. The molecule has 0 saturated carbocycles. The van der Waals surface area contributed by atoms with E-state index in [1.54, 1.807) is 0 Å². The Morgan fingerprint density at radius 2 is 1.70 bits per heavy atom. The van der Waals surface area contributed by atoms with Crippen molar-refractivity contribution in [2.45, 2.75) is 12.3 Å². The summed E-state index contributed by atoms with van der Waals surface area (Å²) < 4.78 is 9.59. The maximum absolute atomic E-state index is 12.8. The lowest BCUT2D eigenvalue weighted by Gasteiger charge is -2.28. The van der Waals surface area contributed by atoms with Crippen LogP contribution in [-0.4, -0.2) is 31.1 Å². The molecule has 2 aromatic carbocycles. The molecular weight excluding hydrogens is 397 g/mol. The summed E-state index contributed by atoms with van der Waals surface area (Å²) >= 11 is 12.3. The fourth-order valence-corrected chi connectivity index (χ4v) is 3.27. The minimum absolute atomic E-state index is 0.0178. The molecule has 1 atom stereocenters. The zero-order valence-corrected chi connectivity index (χ0v) is 16.1. The number of carbonyl (C=O) groups excluding carboxylic acids is 2. The number of hydrogen-bond donors (Lipinski definition) is 0. The highest BCUT2D eigenvalue weighted by Gasteiger charge is 2.45. The minimum atomic E-state index is -1.71. The van der Waals surface area contributed by atoms with E-state index in [1.165, 1.54) is 50.4 Å². The molecule has 0 aromatic heterocycles. The summed E-state index contributed by atoms with van der Waals surface area (Å²) in [6.45, 7) is 1.42. The Balaban J connectivity index is 2.89. The number of rotatable bonds is 5. The number of carbonyl (C=O) groups is 2. The molecule has 1 unspecified atom stereocenters. The van der Waals surface area contributed by atoms with Gasteiger partial charge in [0.15, 0.2) is 0 Å². The van der Waals surface area contributed by atoms with E-state index in [2.05, 4.69) is 4.74 Å². The first-order valence-corrected chi connectivity index (χ1v) is 8.33. The highest BCUT2D eigenvalue weighted by Crippen LogP contribution is 2.42. The molecule has 0 radical (unpaired) electrons. The minimum Gasteiger partial charge on any atom is -0.468 e. The van der Waals surface area contributed by atoms with E-state index in [-0.39, 0.29) is 32.4 Å². The summed E-state index contributed by atoms with van der Waals surface area (Å²) in [4.78, 5) is 35.6. The predicted octanol–water partition coefficient (Wildman–Crippen LogP) is 4.17. The van der Waals surface area contributed by atoms with E-state index in [4.69, 9.17) is 27.9 Å². The Bertz CT molecular complexity index is 930. The van der Waals surface area contributed by atoms with E-state index in [0.717, 1.165) is 7.11 Å². The third-order valence-electron chi connectivity index (χ3n) is 4.21. The second-order valence-electron chi connectivity index (χ2n) is 5.72. The number of halogens is 2. The number of methoxy groups -OCH3 is 2. The van der Waals surface area contributed by atoms with Crippen LogP contribution in [0.1, 0.15) is 28.4 Å². The van der Waals surface area contributed by atoms with Crippen molar-refractivity contribution in [3.05, 3.63) is 73.2 Å². The zero-order valence-electron chi connectivity index (χ0n) is 14.6. The quantitative estimate of drug-likeness (QED) is 0.416. The van der Waals surface area contributed by atoms with Gasteiger partial charge in [0, 0.05) is 16.1 Å². The largest absolute Gasteiger partial charge is 0.468 e. The average Bonchev–Trinajstić information content (AvgIpc) is 2.66. The Kier molecular flexibility index (Phi) is 6.08. The van der Waals surface area contributed by atoms with Gasteiger partial charge in [-0.05, 0) is 42.8 Å². The number of nitrogens with zero attached hydrogens (tertiary/aromatic N) is 1. The van der Waals surface area contributed by atoms with Crippen molar-refractivity contribution in [2.75, 3.05) is 14.2 Å². The number of hydrogen-bond acceptors (Lipinski definition) is 6. The van der Waals surface area contributed by atoms with Crippen molar-refractivity contribution in [3.63, 3.8) is 0 Å². The van der Waals surface area contributed by atoms with Crippen LogP contribution in [0.2, 0.25) is 10.0 Å². The fraction of sp³-hybridized carbons (Fsp3) is 0.222. The topological polar surface area (TPSA) is 95.7 Å². The molecule has 0 heterocycles. The molecule has 0 aliphatic rings. The van der Waals surface area contributed by atoms with Crippen LogP contribution in [0.4, 0.5) is 5.69 Å². The van der Waals surface area contributed by atoms with Gasteiger partial charge in [0.2, 0.25) is 0 Å². The molecular formula is C18H15Cl2NO6. The SMILES string of the molecule is COC(=O)c1ccc(Cl)c(C(C)(C(=O)OC)c2cc(Cl)ccc2[N+](=O)[O-])c1. The van der Waals surface area contributed by atoms with Crippen LogP contribution in [-0.2, 0) is 19.7 Å². The third-order valence-corrected chi connectivity index (χ3v) is 4.78. The molecule has 27 heavy (non-hydrogen) atoms. The predicted molar refractivity (Wildman–Crippen MR) is 99.4 cm³/mol. The molecule has 7 nitrogen and oxygen atoms in total. The number of nitro groups is 1. The molecule has 0 bridgehead atoms. The van der Waals surface area contributed by atoms with Crippen LogP contribution in [0.25, 0.3) is 0 Å². The van der Waals surface area contributed by atoms with Gasteiger partial charge in [0.05, 0.1) is 30.3 Å². The molecule has 0 amide bonds. The van der Waals surface area contributed by atoms with Gasteiger partial charge in [-0.2, -0.15) is 0 Å². The Hall–Kier alpha value is -2.64. The molecule has 142 valence electrons. The molecule has 0 N–H and O–H groups in total. The van der Waals surface area contributed by atoms with E-state index in [0.29, 0.717) is 0 Å². The van der Waals surface area contributed by atoms with Gasteiger partial charge in [-0.3, -0.25) is 14.9 Å². The smallest absolute Gasteiger partial charge is 0.337 e. The standard InChI is InChI=1S/C18H15Cl2NO6/c1-18(17(23)27-3,13-9-11(19)5-7-15(13)21(24)25)12-8-10(16(22)26-2)4-6-14(12)20/h4-9H,1-3H3. The molecule has 0 aliphatic carbocycles. The lowest BCUT2D eigenvalue weighted by Crippen LogP contribution is -2.36. The van der Waals surface area contributed by atoms with E-state index >= 15 is 0 Å². The Labute approximate surface area is 164 Å². The first-order valence-electron chi connectivity index (χ1n) is 7.58. The Morgan fingerprint density at radius 3 is 2.26 bits per heavy atom. The van der Waals surface area contributed by atoms with Crippen LogP contribution in [0.5, 0.6) is 0 Å². The maximum atomic E-state index is 12.8. The van der Waals surface area contributed by atoms with Gasteiger partial charge in [0.1, 0.15) is 5.41 Å². The van der Waals surface area contributed by atoms with E-state index in [1.807, 2.05) is 0 Å². The van der Waals surface area contributed by atoms with Crippen LogP contribution in [0.15, 0.2) is 36.4 Å². The molecule has 2 aromatic rings. The van der Waals surface area contributed by atoms with Gasteiger partial charge in [-0.1, -0.05) is 23.2 Å². The van der Waals surface area contributed by atoms with E-state index in [9.17, 15) is 19.7 Å². The maximum Gasteiger partial charge on any atom is 0.337 e. The third kappa shape index (κ3) is 3.74. The van der Waals surface area contributed by atoms with Crippen LogP contribution in [0, 0.1) is 10.1 Å². The fourth-order valence-electron chi connectivity index (χ4n) is 2.79. The van der Waals surface area contributed by atoms with Crippen molar-refractivity contribution < 1.29 is 24.0 Å². The molecule has 9 heteroatoms. The first kappa shape index (κ1) is 20.7. The van der Waals surface area contributed by atoms with Crippen molar-refractivity contribution in [1.29, 1.82) is 0 Å². The summed E-state index contributed by atoms with van der Waals surface area (Å²) in [6, 6.07) is 8.00. The second-order valence-corrected chi connectivity index (χ2v) is 6.57. The van der Waals surface area contributed by atoms with Crippen molar-refractivity contribution in [2.24, 2.45) is 0 Å². The van der Waals surface area contributed by atoms with Crippen molar-refractivity contribution in [1.82, 2.24) is 0 Å². The molecule has 0 spiro atoms. The molecule has 0 aliphatic heterocycles. The first-order chi connectivity index (χ1) is 12.7. The Morgan fingerprint density at radius 1 is 1.04 bits per heavy atom. The highest BCUT2D eigenvalue weighted by molar-refractivity contribution is 6.32. The summed E-state index contributed by atoms with van der Waals surface area (Å²) in [7, 11) is 2.35. The normalized spacial score (nSPS) is 12.8.